The number of likely N-dealkylation sites (N-methyl/N-ethyl adjacent to an activating group) is 1. The quantitative estimate of drug-likeness (QED) is 0.871. The lowest BCUT2D eigenvalue weighted by molar-refractivity contribution is -0.129. The van der Waals surface area contributed by atoms with Crippen molar-refractivity contribution in [2.45, 2.75) is 58.0 Å². The Kier molecular flexibility index (Phi) is 5.80. The second kappa shape index (κ2) is 7.60. The van der Waals surface area contributed by atoms with Crippen molar-refractivity contribution in [2.24, 2.45) is 0 Å². The number of nitrogens with one attached hydrogen (secondary N) is 1. The summed E-state index contributed by atoms with van der Waals surface area (Å²) in [6.45, 7) is 5.54. The molecule has 1 aromatic rings. The summed E-state index contributed by atoms with van der Waals surface area (Å²) in [7, 11) is 1.88. The molecule has 0 unspecified atom stereocenters. The van der Waals surface area contributed by atoms with Crippen LogP contribution in [0.5, 0.6) is 0 Å². The van der Waals surface area contributed by atoms with Gasteiger partial charge in [-0.2, -0.15) is 0 Å². The maximum absolute atomic E-state index is 12.1. The summed E-state index contributed by atoms with van der Waals surface area (Å²) in [4.78, 5) is 14.0. The molecular formula is C18H28N2O. The highest BCUT2D eigenvalue weighted by Gasteiger charge is 2.16. The van der Waals surface area contributed by atoms with Crippen LogP contribution in [-0.4, -0.2) is 30.4 Å². The van der Waals surface area contributed by atoms with Crippen molar-refractivity contribution in [3.63, 3.8) is 0 Å². The molecule has 0 spiro atoms. The summed E-state index contributed by atoms with van der Waals surface area (Å²) >= 11 is 0. The van der Waals surface area contributed by atoms with Crippen molar-refractivity contribution in [3.8, 4) is 0 Å². The Hall–Kier alpha value is -1.35. The Morgan fingerprint density at radius 1 is 1.24 bits per heavy atom. The van der Waals surface area contributed by atoms with Gasteiger partial charge in [0.05, 0.1) is 6.54 Å². The van der Waals surface area contributed by atoms with E-state index in [1.807, 2.05) is 11.9 Å². The van der Waals surface area contributed by atoms with E-state index in [2.05, 4.69) is 43.4 Å². The first-order valence-corrected chi connectivity index (χ1v) is 8.12. The van der Waals surface area contributed by atoms with Gasteiger partial charge in [0.1, 0.15) is 0 Å². The minimum absolute atomic E-state index is 0.176. The Morgan fingerprint density at radius 3 is 2.43 bits per heavy atom. The molecule has 0 aliphatic heterocycles. The molecule has 0 heterocycles. The standard InChI is InChI=1S/C18H28N2O/c1-14(2)16-10-8-15(9-11-16)13-20(3)18(21)12-19-17-6-4-5-7-17/h8-11,14,17,19H,4-7,12-13H2,1-3H3. The maximum Gasteiger partial charge on any atom is 0.236 e. The first-order chi connectivity index (χ1) is 10.1. The van der Waals surface area contributed by atoms with Crippen LogP contribution in [0, 0.1) is 0 Å². The SMILES string of the molecule is CC(C)c1ccc(CN(C)C(=O)CNC2CCCC2)cc1. The molecule has 3 nitrogen and oxygen atoms in total. The molecule has 1 fully saturated rings. The normalized spacial score (nSPS) is 15.6. The zero-order valence-corrected chi connectivity index (χ0v) is 13.6. The van der Waals surface area contributed by atoms with Crippen molar-refractivity contribution >= 4 is 5.91 Å². The highest BCUT2D eigenvalue weighted by Crippen LogP contribution is 2.17. The van der Waals surface area contributed by atoms with Crippen LogP contribution in [0.15, 0.2) is 24.3 Å². The largest absolute Gasteiger partial charge is 0.340 e. The monoisotopic (exact) mass is 288 g/mol. The van der Waals surface area contributed by atoms with Gasteiger partial charge in [0.25, 0.3) is 0 Å². The molecule has 0 radical (unpaired) electrons. The number of carbonyl (C=O) groups is 1. The molecule has 1 aromatic carbocycles. The minimum Gasteiger partial charge on any atom is -0.340 e. The van der Waals surface area contributed by atoms with Crippen molar-refractivity contribution in [2.75, 3.05) is 13.6 Å². The van der Waals surface area contributed by atoms with Gasteiger partial charge in [-0.05, 0) is 29.9 Å². The first-order valence-electron chi connectivity index (χ1n) is 8.12. The molecule has 0 bridgehead atoms. The summed E-state index contributed by atoms with van der Waals surface area (Å²) in [6.07, 6.45) is 5.02. The van der Waals surface area contributed by atoms with Gasteiger partial charge in [0.2, 0.25) is 5.91 Å². The van der Waals surface area contributed by atoms with E-state index in [1.54, 1.807) is 0 Å². The maximum atomic E-state index is 12.1. The number of amides is 1. The molecule has 116 valence electrons. The predicted octanol–water partition coefficient (Wildman–Crippen LogP) is 3.30. The third kappa shape index (κ3) is 4.85. The summed E-state index contributed by atoms with van der Waals surface area (Å²) in [5.41, 5.74) is 2.53. The predicted molar refractivity (Wildman–Crippen MR) is 87.3 cm³/mol. The van der Waals surface area contributed by atoms with Crippen LogP contribution in [0.25, 0.3) is 0 Å². The lowest BCUT2D eigenvalue weighted by Gasteiger charge is -2.19. The number of benzene rings is 1. The van der Waals surface area contributed by atoms with Crippen molar-refractivity contribution in [1.82, 2.24) is 10.2 Å². The summed E-state index contributed by atoms with van der Waals surface area (Å²) in [5.74, 6) is 0.726. The van der Waals surface area contributed by atoms with Gasteiger partial charge in [-0.1, -0.05) is 51.0 Å². The molecule has 1 aliphatic rings. The van der Waals surface area contributed by atoms with Crippen molar-refractivity contribution < 1.29 is 4.79 Å². The number of nitrogens with zero attached hydrogens (tertiary/aromatic N) is 1. The average molecular weight is 288 g/mol. The summed E-state index contributed by atoms with van der Waals surface area (Å²) in [5, 5.41) is 3.38. The van der Waals surface area contributed by atoms with E-state index in [0.717, 1.165) is 0 Å². The fourth-order valence-electron chi connectivity index (χ4n) is 2.87. The van der Waals surface area contributed by atoms with E-state index in [-0.39, 0.29) is 5.91 Å². The van der Waals surface area contributed by atoms with E-state index in [1.165, 1.54) is 36.8 Å². The second-order valence-electron chi connectivity index (χ2n) is 6.51. The molecule has 1 amide bonds. The number of rotatable bonds is 6. The molecule has 0 aromatic heterocycles. The molecule has 0 saturated heterocycles. The van der Waals surface area contributed by atoms with Crippen LogP contribution in [0.1, 0.15) is 56.6 Å². The van der Waals surface area contributed by atoms with E-state index in [4.69, 9.17) is 0 Å². The third-order valence-electron chi connectivity index (χ3n) is 4.39. The highest BCUT2D eigenvalue weighted by molar-refractivity contribution is 5.78. The second-order valence-corrected chi connectivity index (χ2v) is 6.51. The molecule has 1 aliphatic carbocycles. The molecule has 1 saturated carbocycles. The molecular weight excluding hydrogens is 260 g/mol. The van der Waals surface area contributed by atoms with Crippen LogP contribution in [0.4, 0.5) is 0 Å². The van der Waals surface area contributed by atoms with E-state index in [9.17, 15) is 4.79 Å². The first kappa shape index (κ1) is 16.0. The highest BCUT2D eigenvalue weighted by atomic mass is 16.2. The molecule has 21 heavy (non-hydrogen) atoms. The topological polar surface area (TPSA) is 32.3 Å². The zero-order valence-electron chi connectivity index (χ0n) is 13.6. The van der Waals surface area contributed by atoms with E-state index < -0.39 is 0 Å². The fourth-order valence-corrected chi connectivity index (χ4v) is 2.87. The van der Waals surface area contributed by atoms with Crippen LogP contribution in [-0.2, 0) is 11.3 Å². The Bertz CT molecular complexity index is 447. The average Bonchev–Trinajstić information content (AvgIpc) is 2.98. The van der Waals surface area contributed by atoms with Gasteiger partial charge < -0.3 is 10.2 Å². The molecule has 1 N–H and O–H groups in total. The van der Waals surface area contributed by atoms with E-state index in [0.29, 0.717) is 25.0 Å². The smallest absolute Gasteiger partial charge is 0.236 e. The van der Waals surface area contributed by atoms with Gasteiger partial charge in [-0.15, -0.1) is 0 Å². The fraction of sp³-hybridized carbons (Fsp3) is 0.611. The van der Waals surface area contributed by atoms with Crippen LogP contribution in [0.3, 0.4) is 0 Å². The lowest BCUT2D eigenvalue weighted by Crippen LogP contribution is -2.38. The zero-order chi connectivity index (χ0) is 15.2. The van der Waals surface area contributed by atoms with Gasteiger partial charge in [0.15, 0.2) is 0 Å². The van der Waals surface area contributed by atoms with Gasteiger partial charge in [0, 0.05) is 19.6 Å². The lowest BCUT2D eigenvalue weighted by atomic mass is 10.0. The number of hydrogen-bond donors (Lipinski definition) is 1. The number of carbonyl (C=O) groups excluding carboxylic acids is 1. The van der Waals surface area contributed by atoms with Crippen molar-refractivity contribution in [3.05, 3.63) is 35.4 Å². The number of hydrogen-bond acceptors (Lipinski definition) is 2. The summed E-state index contributed by atoms with van der Waals surface area (Å²) in [6, 6.07) is 9.13. The van der Waals surface area contributed by atoms with Crippen molar-refractivity contribution in [1.29, 1.82) is 0 Å². The van der Waals surface area contributed by atoms with Crippen LogP contribution < -0.4 is 5.32 Å². The van der Waals surface area contributed by atoms with Crippen LogP contribution >= 0.6 is 0 Å². The minimum atomic E-state index is 0.176. The van der Waals surface area contributed by atoms with Gasteiger partial charge in [-0.3, -0.25) is 4.79 Å². The van der Waals surface area contributed by atoms with Gasteiger partial charge in [-0.25, -0.2) is 0 Å². The Morgan fingerprint density at radius 2 is 1.86 bits per heavy atom. The third-order valence-corrected chi connectivity index (χ3v) is 4.39. The van der Waals surface area contributed by atoms with E-state index >= 15 is 0 Å². The molecule has 3 heteroatoms. The Balaban J connectivity index is 1.79. The van der Waals surface area contributed by atoms with Gasteiger partial charge >= 0.3 is 0 Å². The summed E-state index contributed by atoms with van der Waals surface area (Å²) < 4.78 is 0. The Labute approximate surface area is 128 Å². The van der Waals surface area contributed by atoms with Crippen LogP contribution in [0.2, 0.25) is 0 Å². The molecule has 2 rings (SSSR count). The molecule has 0 atom stereocenters.